The predicted octanol–water partition coefficient (Wildman–Crippen LogP) is 0.122. The van der Waals surface area contributed by atoms with Crippen LogP contribution in [0.2, 0.25) is 0 Å². The topological polar surface area (TPSA) is 62.8 Å². The normalized spacial score (nSPS) is 11.8. The van der Waals surface area contributed by atoms with Crippen molar-refractivity contribution in [1.82, 2.24) is 10.2 Å². The molecule has 1 heterocycles. The summed E-state index contributed by atoms with van der Waals surface area (Å²) in [7, 11) is -3.11. The van der Waals surface area contributed by atoms with Crippen LogP contribution >= 0.6 is 0 Å². The van der Waals surface area contributed by atoms with E-state index >= 15 is 0 Å². The van der Waals surface area contributed by atoms with Gasteiger partial charge in [-0.15, -0.1) is 0 Å². The van der Waals surface area contributed by atoms with Crippen LogP contribution in [0.25, 0.3) is 0 Å². The molecule has 5 heteroatoms. The van der Waals surface area contributed by atoms with Gasteiger partial charge in [-0.1, -0.05) is 0 Å². The molecule has 1 N–H and O–H groups in total. The molecule has 0 aliphatic carbocycles. The molecule has 0 aliphatic heterocycles. The van der Waals surface area contributed by atoms with Gasteiger partial charge in [-0.25, -0.2) is 8.42 Å². The second kappa shape index (κ2) is 2.09. The van der Waals surface area contributed by atoms with Crippen molar-refractivity contribution in [1.29, 1.82) is 0 Å². The van der Waals surface area contributed by atoms with Gasteiger partial charge < -0.3 is 0 Å². The summed E-state index contributed by atoms with van der Waals surface area (Å²) < 4.78 is 21.7. The number of rotatable bonds is 1. The molecule has 1 rings (SSSR count). The molecule has 56 valence electrons. The lowest BCUT2D eigenvalue weighted by Crippen LogP contribution is -1.98. The van der Waals surface area contributed by atoms with E-state index < -0.39 is 9.84 Å². The van der Waals surface area contributed by atoms with Gasteiger partial charge >= 0.3 is 0 Å². The summed E-state index contributed by atoms with van der Waals surface area (Å²) >= 11 is 0. The number of aromatic nitrogens is 2. The van der Waals surface area contributed by atoms with Crippen LogP contribution in [0.15, 0.2) is 11.2 Å². The Labute approximate surface area is 59.2 Å². The van der Waals surface area contributed by atoms with Crippen LogP contribution < -0.4 is 0 Å². The molecule has 1 aromatic heterocycles. The first-order chi connectivity index (χ1) is 4.52. The van der Waals surface area contributed by atoms with Crippen molar-refractivity contribution in [2.45, 2.75) is 11.9 Å². The fraction of sp³-hybridized carbons (Fsp3) is 0.400. The van der Waals surface area contributed by atoms with Crippen LogP contribution in [0.4, 0.5) is 0 Å². The number of nitrogens with one attached hydrogen (secondary N) is 1. The second-order valence-electron chi connectivity index (χ2n) is 2.15. The maximum absolute atomic E-state index is 10.8. The maximum atomic E-state index is 10.8. The molecule has 4 nitrogen and oxygen atoms in total. The van der Waals surface area contributed by atoms with Gasteiger partial charge in [0.2, 0.25) is 0 Å². The highest BCUT2D eigenvalue weighted by Crippen LogP contribution is 2.08. The van der Waals surface area contributed by atoms with Crippen molar-refractivity contribution in [3.8, 4) is 0 Å². The summed E-state index contributed by atoms with van der Waals surface area (Å²) in [5.74, 6) is 0. The van der Waals surface area contributed by atoms with Gasteiger partial charge in [0.05, 0.1) is 6.20 Å². The molecule has 0 amide bonds. The Balaban J connectivity index is 3.32. The van der Waals surface area contributed by atoms with Crippen molar-refractivity contribution in [3.05, 3.63) is 11.8 Å². The largest absolute Gasteiger partial charge is 0.267 e. The number of sulfone groups is 1. The SMILES string of the molecule is Cc1cn[nH]c1S(C)(=O)=O. The minimum absolute atomic E-state index is 0.201. The summed E-state index contributed by atoms with van der Waals surface area (Å²) in [4.78, 5) is 0. The number of aryl methyl sites for hydroxylation is 1. The average molecular weight is 160 g/mol. The van der Waals surface area contributed by atoms with Gasteiger partial charge in [0.25, 0.3) is 0 Å². The molecule has 0 saturated carbocycles. The lowest BCUT2D eigenvalue weighted by atomic mass is 10.4. The van der Waals surface area contributed by atoms with E-state index in [4.69, 9.17) is 0 Å². The molecule has 0 unspecified atom stereocenters. The summed E-state index contributed by atoms with van der Waals surface area (Å²) in [6.45, 7) is 1.69. The van der Waals surface area contributed by atoms with E-state index in [0.29, 0.717) is 5.56 Å². The van der Waals surface area contributed by atoms with Gasteiger partial charge in [0, 0.05) is 11.8 Å². The third kappa shape index (κ3) is 1.18. The molecular weight excluding hydrogens is 152 g/mol. The van der Waals surface area contributed by atoms with Crippen molar-refractivity contribution in [2.24, 2.45) is 0 Å². The molecular formula is C5H8N2O2S. The van der Waals surface area contributed by atoms with Crippen molar-refractivity contribution >= 4 is 9.84 Å². The molecule has 0 aromatic carbocycles. The predicted molar refractivity (Wildman–Crippen MR) is 36.4 cm³/mol. The fourth-order valence-corrected chi connectivity index (χ4v) is 1.57. The average Bonchev–Trinajstić information content (AvgIpc) is 2.11. The minimum atomic E-state index is -3.11. The molecule has 0 spiro atoms. The third-order valence-electron chi connectivity index (χ3n) is 1.15. The van der Waals surface area contributed by atoms with Crippen molar-refractivity contribution in [2.75, 3.05) is 6.26 Å². The number of aromatic amines is 1. The van der Waals surface area contributed by atoms with Crippen LogP contribution in [0.3, 0.4) is 0 Å². The van der Waals surface area contributed by atoms with Gasteiger partial charge in [0.15, 0.2) is 14.9 Å². The maximum Gasteiger partial charge on any atom is 0.192 e. The summed E-state index contributed by atoms with van der Waals surface area (Å²) in [6, 6.07) is 0. The molecule has 0 saturated heterocycles. The summed E-state index contributed by atoms with van der Waals surface area (Å²) in [6.07, 6.45) is 2.63. The van der Waals surface area contributed by atoms with Crippen molar-refractivity contribution in [3.63, 3.8) is 0 Å². The lowest BCUT2D eigenvalue weighted by molar-refractivity contribution is 0.597. The van der Waals surface area contributed by atoms with E-state index in [1.807, 2.05) is 0 Å². The van der Waals surface area contributed by atoms with Crippen LogP contribution in [0.1, 0.15) is 5.56 Å². The van der Waals surface area contributed by atoms with Crippen LogP contribution in [0.5, 0.6) is 0 Å². The Kier molecular flexibility index (Phi) is 1.52. The fourth-order valence-electron chi connectivity index (χ4n) is 0.710. The lowest BCUT2D eigenvalue weighted by Gasteiger charge is -1.91. The molecule has 0 fully saturated rings. The number of hydrogen-bond acceptors (Lipinski definition) is 3. The smallest absolute Gasteiger partial charge is 0.192 e. The van der Waals surface area contributed by atoms with E-state index in [9.17, 15) is 8.42 Å². The first-order valence-electron chi connectivity index (χ1n) is 2.72. The van der Waals surface area contributed by atoms with Crippen LogP contribution in [-0.4, -0.2) is 24.9 Å². The van der Waals surface area contributed by atoms with E-state index in [0.717, 1.165) is 6.26 Å². The van der Waals surface area contributed by atoms with E-state index in [2.05, 4.69) is 10.2 Å². The Morgan fingerprint density at radius 1 is 1.60 bits per heavy atom. The van der Waals surface area contributed by atoms with E-state index in [1.54, 1.807) is 6.92 Å². The van der Waals surface area contributed by atoms with Crippen LogP contribution in [0, 0.1) is 6.92 Å². The zero-order chi connectivity index (χ0) is 7.78. The Morgan fingerprint density at radius 3 is 2.40 bits per heavy atom. The number of nitrogens with zero attached hydrogens (tertiary/aromatic N) is 1. The van der Waals surface area contributed by atoms with Gasteiger partial charge in [-0.05, 0) is 6.92 Å². The highest BCUT2D eigenvalue weighted by atomic mass is 32.2. The monoisotopic (exact) mass is 160 g/mol. The summed E-state index contributed by atoms with van der Waals surface area (Å²) in [5, 5.41) is 6.19. The zero-order valence-corrected chi connectivity index (χ0v) is 6.57. The molecule has 0 aliphatic rings. The van der Waals surface area contributed by atoms with Gasteiger partial charge in [-0.2, -0.15) is 5.10 Å². The minimum Gasteiger partial charge on any atom is -0.267 e. The molecule has 0 radical (unpaired) electrons. The molecule has 0 bridgehead atoms. The first kappa shape index (κ1) is 7.27. The van der Waals surface area contributed by atoms with E-state index in [-0.39, 0.29) is 5.03 Å². The Morgan fingerprint density at radius 2 is 2.20 bits per heavy atom. The summed E-state index contributed by atoms with van der Waals surface area (Å²) in [5.41, 5.74) is 0.655. The quantitative estimate of drug-likeness (QED) is 0.634. The van der Waals surface area contributed by atoms with Gasteiger partial charge in [-0.3, -0.25) is 5.10 Å². The number of H-pyrrole nitrogens is 1. The van der Waals surface area contributed by atoms with Crippen molar-refractivity contribution < 1.29 is 8.42 Å². The Hall–Kier alpha value is -0.840. The number of hydrogen-bond donors (Lipinski definition) is 1. The highest BCUT2D eigenvalue weighted by Gasteiger charge is 2.11. The van der Waals surface area contributed by atoms with Gasteiger partial charge in [0.1, 0.15) is 0 Å². The van der Waals surface area contributed by atoms with E-state index in [1.165, 1.54) is 6.20 Å². The first-order valence-corrected chi connectivity index (χ1v) is 4.61. The zero-order valence-electron chi connectivity index (χ0n) is 5.75. The molecule has 1 aromatic rings. The Bertz CT molecular complexity index is 325. The highest BCUT2D eigenvalue weighted by molar-refractivity contribution is 7.90. The molecule has 0 atom stereocenters. The standard InChI is InChI=1S/C5H8N2O2S/c1-4-3-6-7-5(4)10(2,8)9/h3H,1-2H3,(H,6,7). The third-order valence-corrected chi connectivity index (χ3v) is 2.31. The second-order valence-corrected chi connectivity index (χ2v) is 4.11. The molecule has 10 heavy (non-hydrogen) atoms. The van der Waals surface area contributed by atoms with Crippen LogP contribution in [-0.2, 0) is 9.84 Å².